The summed E-state index contributed by atoms with van der Waals surface area (Å²) in [5, 5.41) is 15.2. The summed E-state index contributed by atoms with van der Waals surface area (Å²) in [6.07, 6.45) is 1.80. The molecule has 0 aliphatic rings. The van der Waals surface area contributed by atoms with Crippen LogP contribution in [0.1, 0.15) is 10.5 Å². The number of benzene rings is 2. The third-order valence-corrected chi connectivity index (χ3v) is 4.98. The van der Waals surface area contributed by atoms with Crippen molar-refractivity contribution in [1.82, 2.24) is 9.38 Å². The number of nitrogens with one attached hydrogen (secondary N) is 1. The summed E-state index contributed by atoms with van der Waals surface area (Å²) in [6, 6.07) is 13.2. The number of rotatable bonds is 5. The Balaban J connectivity index is 1.61. The van der Waals surface area contributed by atoms with Crippen LogP contribution in [0.15, 0.2) is 60.1 Å². The number of ether oxygens (including phenoxy) is 1. The van der Waals surface area contributed by atoms with Gasteiger partial charge in [-0.2, -0.15) is 0 Å². The fraction of sp³-hybridized carbons (Fsp3) is 0.0526. The van der Waals surface area contributed by atoms with E-state index in [1.165, 1.54) is 35.6 Å². The topological polar surface area (TPSA) is 98.8 Å². The lowest BCUT2D eigenvalue weighted by Crippen LogP contribution is -2.13. The van der Waals surface area contributed by atoms with Crippen molar-refractivity contribution in [3.8, 4) is 17.0 Å². The molecular formula is C19H14N4O4S. The molecule has 28 heavy (non-hydrogen) atoms. The number of carbonyl (C=O) groups excluding carboxylic acids is 1. The molecule has 0 fully saturated rings. The standard InChI is InChI=1S/C19H14N4O4S/c1-27-15-4-2-3-12(9-15)16-10-22-17(11-28-19(22)21-16)18(24)20-13-5-7-14(8-6-13)23(25)26/h2-11H,1H3,(H,20,24). The van der Waals surface area contributed by atoms with Gasteiger partial charge in [-0.05, 0) is 24.3 Å². The molecule has 2 heterocycles. The number of anilines is 1. The Morgan fingerprint density at radius 3 is 2.75 bits per heavy atom. The Hall–Kier alpha value is -3.72. The maximum Gasteiger partial charge on any atom is 0.273 e. The maximum absolute atomic E-state index is 12.6. The van der Waals surface area contributed by atoms with Gasteiger partial charge in [0.2, 0.25) is 0 Å². The predicted molar refractivity (Wildman–Crippen MR) is 106 cm³/mol. The van der Waals surface area contributed by atoms with Crippen LogP contribution in [0.3, 0.4) is 0 Å². The quantitative estimate of drug-likeness (QED) is 0.403. The number of methoxy groups -OCH3 is 1. The van der Waals surface area contributed by atoms with Crippen LogP contribution in [0, 0.1) is 10.1 Å². The first-order valence-corrected chi connectivity index (χ1v) is 9.10. The maximum atomic E-state index is 12.6. The molecule has 0 atom stereocenters. The van der Waals surface area contributed by atoms with Gasteiger partial charge < -0.3 is 10.1 Å². The average Bonchev–Trinajstić information content (AvgIpc) is 3.29. The molecule has 0 unspecified atom stereocenters. The molecule has 0 aliphatic heterocycles. The van der Waals surface area contributed by atoms with Crippen LogP contribution in [0.5, 0.6) is 5.75 Å². The van der Waals surface area contributed by atoms with E-state index in [1.54, 1.807) is 23.1 Å². The van der Waals surface area contributed by atoms with Crippen LogP contribution in [0.2, 0.25) is 0 Å². The van der Waals surface area contributed by atoms with E-state index < -0.39 is 4.92 Å². The van der Waals surface area contributed by atoms with Gasteiger partial charge in [-0.3, -0.25) is 19.3 Å². The zero-order chi connectivity index (χ0) is 19.7. The monoisotopic (exact) mass is 394 g/mol. The Morgan fingerprint density at radius 1 is 1.25 bits per heavy atom. The number of nitrogens with zero attached hydrogens (tertiary/aromatic N) is 3. The summed E-state index contributed by atoms with van der Waals surface area (Å²) < 4.78 is 6.97. The molecule has 140 valence electrons. The van der Waals surface area contributed by atoms with Gasteiger partial charge in [-0.1, -0.05) is 12.1 Å². The number of thiazole rings is 1. The number of nitro benzene ring substituents is 1. The summed E-state index contributed by atoms with van der Waals surface area (Å²) in [6.45, 7) is 0. The lowest BCUT2D eigenvalue weighted by atomic mass is 10.1. The molecular weight excluding hydrogens is 380 g/mol. The Bertz CT molecular complexity index is 1180. The summed E-state index contributed by atoms with van der Waals surface area (Å²) in [4.78, 5) is 28.1. The number of imidazole rings is 1. The number of hydrogen-bond donors (Lipinski definition) is 1. The van der Waals surface area contributed by atoms with Gasteiger partial charge in [-0.15, -0.1) is 11.3 Å². The van der Waals surface area contributed by atoms with Gasteiger partial charge in [0.05, 0.1) is 17.7 Å². The zero-order valence-corrected chi connectivity index (χ0v) is 15.5. The second-order valence-corrected chi connectivity index (χ2v) is 6.73. The number of aromatic nitrogens is 2. The molecule has 0 saturated heterocycles. The lowest BCUT2D eigenvalue weighted by molar-refractivity contribution is -0.384. The first-order chi connectivity index (χ1) is 13.5. The first kappa shape index (κ1) is 17.7. The average molecular weight is 394 g/mol. The van der Waals surface area contributed by atoms with Crippen molar-refractivity contribution in [2.45, 2.75) is 0 Å². The van der Waals surface area contributed by atoms with E-state index >= 15 is 0 Å². The van der Waals surface area contributed by atoms with Gasteiger partial charge in [0.1, 0.15) is 11.4 Å². The Labute approximate surface area is 163 Å². The Morgan fingerprint density at radius 2 is 2.04 bits per heavy atom. The Kier molecular flexibility index (Phi) is 4.50. The van der Waals surface area contributed by atoms with Crippen molar-refractivity contribution in [1.29, 1.82) is 0 Å². The smallest absolute Gasteiger partial charge is 0.273 e. The molecule has 0 radical (unpaired) electrons. The highest BCUT2D eigenvalue weighted by atomic mass is 32.1. The summed E-state index contributed by atoms with van der Waals surface area (Å²) in [7, 11) is 1.60. The predicted octanol–water partition coefficient (Wildman–Crippen LogP) is 4.23. The fourth-order valence-electron chi connectivity index (χ4n) is 2.73. The van der Waals surface area contributed by atoms with Crippen LogP contribution >= 0.6 is 11.3 Å². The third kappa shape index (κ3) is 3.30. The molecule has 0 saturated carbocycles. The van der Waals surface area contributed by atoms with Crippen LogP contribution in [0.25, 0.3) is 16.2 Å². The van der Waals surface area contributed by atoms with Gasteiger partial charge >= 0.3 is 0 Å². The minimum absolute atomic E-state index is 0.0338. The van der Waals surface area contributed by atoms with E-state index in [0.29, 0.717) is 16.3 Å². The van der Waals surface area contributed by atoms with Crippen molar-refractivity contribution in [2.75, 3.05) is 12.4 Å². The van der Waals surface area contributed by atoms with Gasteiger partial charge in [0.15, 0.2) is 4.96 Å². The summed E-state index contributed by atoms with van der Waals surface area (Å²) in [5.41, 5.74) is 2.49. The zero-order valence-electron chi connectivity index (χ0n) is 14.7. The van der Waals surface area contributed by atoms with Crippen LogP contribution in [-0.4, -0.2) is 27.3 Å². The highest BCUT2D eigenvalue weighted by Crippen LogP contribution is 2.26. The van der Waals surface area contributed by atoms with E-state index in [0.717, 1.165) is 17.0 Å². The van der Waals surface area contributed by atoms with E-state index in [9.17, 15) is 14.9 Å². The molecule has 1 amide bonds. The molecule has 0 spiro atoms. The number of hydrogen-bond acceptors (Lipinski definition) is 6. The molecule has 8 nitrogen and oxygen atoms in total. The number of non-ortho nitro benzene ring substituents is 1. The van der Waals surface area contributed by atoms with Crippen molar-refractivity contribution in [2.24, 2.45) is 0 Å². The van der Waals surface area contributed by atoms with Crippen LogP contribution in [-0.2, 0) is 0 Å². The van der Waals surface area contributed by atoms with Crippen molar-refractivity contribution in [3.05, 3.63) is 75.9 Å². The summed E-state index contributed by atoms with van der Waals surface area (Å²) >= 11 is 1.36. The molecule has 0 aliphatic carbocycles. The summed E-state index contributed by atoms with van der Waals surface area (Å²) in [5.74, 6) is 0.402. The van der Waals surface area contributed by atoms with Gasteiger partial charge in [-0.25, -0.2) is 4.98 Å². The van der Waals surface area contributed by atoms with Crippen LogP contribution < -0.4 is 10.1 Å². The third-order valence-electron chi connectivity index (χ3n) is 4.14. The molecule has 1 N–H and O–H groups in total. The van der Waals surface area contributed by atoms with Gasteiger partial charge in [0.25, 0.3) is 11.6 Å². The lowest BCUT2D eigenvalue weighted by Gasteiger charge is -2.04. The fourth-order valence-corrected chi connectivity index (χ4v) is 3.58. The normalized spacial score (nSPS) is 10.8. The first-order valence-electron chi connectivity index (χ1n) is 8.22. The molecule has 4 rings (SSSR count). The van der Waals surface area contributed by atoms with Crippen molar-refractivity contribution >= 4 is 33.6 Å². The molecule has 2 aromatic carbocycles. The highest BCUT2D eigenvalue weighted by molar-refractivity contribution is 7.15. The minimum Gasteiger partial charge on any atom is -0.497 e. The van der Waals surface area contributed by atoms with Crippen molar-refractivity contribution < 1.29 is 14.5 Å². The SMILES string of the molecule is COc1cccc(-c2cn3c(C(=O)Nc4ccc([N+](=O)[O-])cc4)csc3n2)c1. The minimum atomic E-state index is -0.486. The van der Waals surface area contributed by atoms with E-state index in [2.05, 4.69) is 10.3 Å². The highest BCUT2D eigenvalue weighted by Gasteiger charge is 2.16. The van der Waals surface area contributed by atoms with Crippen molar-refractivity contribution in [3.63, 3.8) is 0 Å². The molecule has 4 aromatic rings. The largest absolute Gasteiger partial charge is 0.497 e. The van der Waals surface area contributed by atoms with E-state index in [4.69, 9.17) is 4.74 Å². The van der Waals surface area contributed by atoms with Gasteiger partial charge in [0, 0.05) is 35.0 Å². The number of carbonyl (C=O) groups is 1. The second kappa shape index (κ2) is 7.12. The second-order valence-electron chi connectivity index (χ2n) is 5.89. The van der Waals surface area contributed by atoms with Crippen LogP contribution in [0.4, 0.5) is 11.4 Å². The molecule has 9 heteroatoms. The van der Waals surface area contributed by atoms with E-state index in [-0.39, 0.29) is 11.6 Å². The number of fused-ring (bicyclic) bond motifs is 1. The number of amides is 1. The molecule has 2 aromatic heterocycles. The number of nitro groups is 1. The molecule has 0 bridgehead atoms. The van der Waals surface area contributed by atoms with E-state index in [1.807, 2.05) is 24.3 Å².